The van der Waals surface area contributed by atoms with Crippen LogP contribution in [0.2, 0.25) is 0 Å². The van der Waals surface area contributed by atoms with E-state index in [0.29, 0.717) is 19.5 Å². The second-order valence-electron chi connectivity index (χ2n) is 3.24. The third kappa shape index (κ3) is 5.12. The number of hydrogen-bond donors (Lipinski definition) is 2. The van der Waals surface area contributed by atoms with Crippen molar-refractivity contribution in [3.63, 3.8) is 0 Å². The standard InChI is InChI=1S/C11H17N3O/c1-2-14-11(15)5-8-13-9-10-3-6-12-7-4-10/h3-4,6-7,13H,2,5,8-9H2,1H3,(H,14,15). The highest BCUT2D eigenvalue weighted by Crippen LogP contribution is 1.94. The number of amides is 1. The van der Waals surface area contributed by atoms with Crippen molar-refractivity contribution in [2.75, 3.05) is 13.1 Å². The van der Waals surface area contributed by atoms with Crippen molar-refractivity contribution in [1.29, 1.82) is 0 Å². The third-order valence-corrected chi connectivity index (χ3v) is 1.98. The van der Waals surface area contributed by atoms with Gasteiger partial charge in [0.1, 0.15) is 0 Å². The monoisotopic (exact) mass is 207 g/mol. The summed E-state index contributed by atoms with van der Waals surface area (Å²) in [6, 6.07) is 3.91. The van der Waals surface area contributed by atoms with Gasteiger partial charge >= 0.3 is 0 Å². The van der Waals surface area contributed by atoms with Crippen molar-refractivity contribution in [2.45, 2.75) is 19.9 Å². The van der Waals surface area contributed by atoms with Gasteiger partial charge in [-0.2, -0.15) is 0 Å². The van der Waals surface area contributed by atoms with Crippen LogP contribution in [-0.4, -0.2) is 24.0 Å². The second kappa shape index (κ2) is 6.95. The number of hydrogen-bond acceptors (Lipinski definition) is 3. The fraction of sp³-hybridized carbons (Fsp3) is 0.455. The molecule has 0 radical (unpaired) electrons. The zero-order chi connectivity index (χ0) is 10.9. The molecular weight excluding hydrogens is 190 g/mol. The molecule has 0 spiro atoms. The molecule has 1 rings (SSSR count). The normalized spacial score (nSPS) is 9.93. The number of carbonyl (C=O) groups is 1. The molecule has 1 aromatic rings. The minimum Gasteiger partial charge on any atom is -0.356 e. The number of rotatable bonds is 6. The summed E-state index contributed by atoms with van der Waals surface area (Å²) in [6.45, 7) is 4.10. The molecule has 0 aliphatic carbocycles. The van der Waals surface area contributed by atoms with Gasteiger partial charge in [-0.25, -0.2) is 0 Å². The van der Waals surface area contributed by atoms with Gasteiger partial charge in [0.15, 0.2) is 0 Å². The van der Waals surface area contributed by atoms with Crippen molar-refractivity contribution in [3.8, 4) is 0 Å². The van der Waals surface area contributed by atoms with Gasteiger partial charge in [0.05, 0.1) is 0 Å². The van der Waals surface area contributed by atoms with Gasteiger partial charge in [0.2, 0.25) is 5.91 Å². The second-order valence-corrected chi connectivity index (χ2v) is 3.24. The molecule has 4 nitrogen and oxygen atoms in total. The van der Waals surface area contributed by atoms with E-state index in [4.69, 9.17) is 0 Å². The molecule has 0 unspecified atom stereocenters. The number of carbonyl (C=O) groups excluding carboxylic acids is 1. The van der Waals surface area contributed by atoms with E-state index in [-0.39, 0.29) is 5.91 Å². The van der Waals surface area contributed by atoms with Crippen molar-refractivity contribution in [3.05, 3.63) is 30.1 Å². The molecule has 82 valence electrons. The zero-order valence-electron chi connectivity index (χ0n) is 8.99. The molecule has 0 fully saturated rings. The molecule has 0 bridgehead atoms. The van der Waals surface area contributed by atoms with Crippen molar-refractivity contribution >= 4 is 5.91 Å². The summed E-state index contributed by atoms with van der Waals surface area (Å²) in [7, 11) is 0. The van der Waals surface area contributed by atoms with Gasteiger partial charge in [-0.1, -0.05) is 0 Å². The average molecular weight is 207 g/mol. The molecular formula is C11H17N3O. The van der Waals surface area contributed by atoms with Crippen LogP contribution in [0.4, 0.5) is 0 Å². The number of aromatic nitrogens is 1. The maximum Gasteiger partial charge on any atom is 0.221 e. The maximum absolute atomic E-state index is 11.1. The van der Waals surface area contributed by atoms with Crippen LogP contribution < -0.4 is 10.6 Å². The van der Waals surface area contributed by atoms with Crippen molar-refractivity contribution in [1.82, 2.24) is 15.6 Å². The molecule has 0 aliphatic rings. The lowest BCUT2D eigenvalue weighted by atomic mass is 10.2. The Kier molecular flexibility index (Phi) is 5.40. The van der Waals surface area contributed by atoms with E-state index in [1.165, 1.54) is 5.56 Å². The highest BCUT2D eigenvalue weighted by atomic mass is 16.1. The van der Waals surface area contributed by atoms with Gasteiger partial charge < -0.3 is 10.6 Å². The van der Waals surface area contributed by atoms with Gasteiger partial charge in [-0.3, -0.25) is 9.78 Å². The van der Waals surface area contributed by atoms with Crippen LogP contribution >= 0.6 is 0 Å². The van der Waals surface area contributed by atoms with E-state index in [9.17, 15) is 4.79 Å². The molecule has 0 saturated carbocycles. The molecule has 15 heavy (non-hydrogen) atoms. The lowest BCUT2D eigenvalue weighted by Crippen LogP contribution is -2.27. The van der Waals surface area contributed by atoms with Crippen LogP contribution in [-0.2, 0) is 11.3 Å². The SMILES string of the molecule is CCNC(=O)CCNCc1ccncc1. The summed E-state index contributed by atoms with van der Waals surface area (Å²) in [6.07, 6.45) is 4.06. The molecule has 0 aliphatic heterocycles. The summed E-state index contributed by atoms with van der Waals surface area (Å²) in [5.74, 6) is 0.0970. The largest absolute Gasteiger partial charge is 0.356 e. The Morgan fingerprint density at radius 1 is 1.40 bits per heavy atom. The summed E-state index contributed by atoms with van der Waals surface area (Å²) in [5, 5.41) is 5.96. The molecule has 0 aromatic carbocycles. The van der Waals surface area contributed by atoms with Crippen LogP contribution in [0.5, 0.6) is 0 Å². The van der Waals surface area contributed by atoms with Crippen molar-refractivity contribution < 1.29 is 4.79 Å². The average Bonchev–Trinajstić information content (AvgIpc) is 2.26. The quantitative estimate of drug-likeness (QED) is 0.675. The van der Waals surface area contributed by atoms with Crippen LogP contribution in [0, 0.1) is 0 Å². The first-order chi connectivity index (χ1) is 7.33. The summed E-state index contributed by atoms with van der Waals surface area (Å²) >= 11 is 0. The molecule has 0 saturated heterocycles. The van der Waals surface area contributed by atoms with Crippen molar-refractivity contribution in [2.24, 2.45) is 0 Å². The Labute approximate surface area is 90.1 Å². The lowest BCUT2D eigenvalue weighted by Gasteiger charge is -2.04. The Morgan fingerprint density at radius 3 is 2.80 bits per heavy atom. The Morgan fingerprint density at radius 2 is 2.13 bits per heavy atom. The van der Waals surface area contributed by atoms with Gasteiger partial charge in [-0.15, -0.1) is 0 Å². The van der Waals surface area contributed by atoms with Crippen LogP contribution in [0.1, 0.15) is 18.9 Å². The third-order valence-electron chi connectivity index (χ3n) is 1.98. The Balaban J connectivity index is 2.10. The number of pyridine rings is 1. The summed E-state index contributed by atoms with van der Waals surface area (Å²) in [5.41, 5.74) is 1.18. The first-order valence-electron chi connectivity index (χ1n) is 5.19. The molecule has 2 N–H and O–H groups in total. The van der Waals surface area contributed by atoms with Crippen LogP contribution in [0.3, 0.4) is 0 Å². The molecule has 1 heterocycles. The van der Waals surface area contributed by atoms with E-state index in [1.807, 2.05) is 19.1 Å². The Bertz CT molecular complexity index is 287. The molecule has 1 aromatic heterocycles. The first-order valence-corrected chi connectivity index (χ1v) is 5.19. The maximum atomic E-state index is 11.1. The van der Waals surface area contributed by atoms with Gasteiger partial charge in [0.25, 0.3) is 0 Å². The highest BCUT2D eigenvalue weighted by Gasteiger charge is 1.97. The minimum absolute atomic E-state index is 0.0970. The number of nitrogens with zero attached hydrogens (tertiary/aromatic N) is 1. The van der Waals surface area contributed by atoms with E-state index in [1.54, 1.807) is 12.4 Å². The first kappa shape index (κ1) is 11.7. The predicted molar refractivity (Wildman–Crippen MR) is 59.2 cm³/mol. The molecule has 4 heteroatoms. The fourth-order valence-corrected chi connectivity index (χ4v) is 1.22. The van der Waals surface area contributed by atoms with E-state index in [0.717, 1.165) is 6.54 Å². The van der Waals surface area contributed by atoms with E-state index in [2.05, 4.69) is 15.6 Å². The summed E-state index contributed by atoms with van der Waals surface area (Å²) in [4.78, 5) is 15.0. The predicted octanol–water partition coefficient (Wildman–Crippen LogP) is 0.697. The lowest BCUT2D eigenvalue weighted by molar-refractivity contribution is -0.120. The smallest absolute Gasteiger partial charge is 0.221 e. The number of nitrogens with one attached hydrogen (secondary N) is 2. The Hall–Kier alpha value is -1.42. The van der Waals surface area contributed by atoms with Crippen LogP contribution in [0.15, 0.2) is 24.5 Å². The molecule has 0 atom stereocenters. The topological polar surface area (TPSA) is 54.0 Å². The minimum atomic E-state index is 0.0970. The van der Waals surface area contributed by atoms with E-state index < -0.39 is 0 Å². The zero-order valence-corrected chi connectivity index (χ0v) is 8.99. The molecule has 1 amide bonds. The van der Waals surface area contributed by atoms with E-state index >= 15 is 0 Å². The van der Waals surface area contributed by atoms with Gasteiger partial charge in [-0.05, 0) is 24.6 Å². The highest BCUT2D eigenvalue weighted by molar-refractivity contribution is 5.75. The summed E-state index contributed by atoms with van der Waals surface area (Å²) < 4.78 is 0. The van der Waals surface area contributed by atoms with Gasteiger partial charge in [0, 0.05) is 38.4 Å². The fourth-order valence-electron chi connectivity index (χ4n) is 1.22. The van der Waals surface area contributed by atoms with Crippen LogP contribution in [0.25, 0.3) is 0 Å².